The standard InChI is InChI=1S/C11H22N2O4/c1-4-8(5-2)13-10(16)12-7-11(3,17)6-9(14)15/h8,17H,4-7H2,1-3H3,(H,14,15)(H2,12,13,16). The van der Waals surface area contributed by atoms with Gasteiger partial charge in [0.1, 0.15) is 0 Å². The van der Waals surface area contributed by atoms with E-state index in [1.165, 1.54) is 6.92 Å². The molecule has 0 bridgehead atoms. The Morgan fingerprint density at radius 3 is 2.24 bits per heavy atom. The van der Waals surface area contributed by atoms with Gasteiger partial charge in [-0.05, 0) is 19.8 Å². The van der Waals surface area contributed by atoms with Crippen LogP contribution in [0, 0.1) is 0 Å². The topological polar surface area (TPSA) is 98.7 Å². The Bertz CT molecular complexity index is 262. The minimum Gasteiger partial charge on any atom is -0.481 e. The summed E-state index contributed by atoms with van der Waals surface area (Å²) in [6, 6.07) is -0.288. The predicted octanol–water partition coefficient (Wildman–Crippen LogP) is 0.700. The number of carboxylic acid groups (broad SMARTS) is 1. The van der Waals surface area contributed by atoms with Crippen molar-refractivity contribution in [2.45, 2.75) is 51.7 Å². The van der Waals surface area contributed by atoms with Gasteiger partial charge in [-0.1, -0.05) is 13.8 Å². The zero-order chi connectivity index (χ0) is 13.5. The van der Waals surface area contributed by atoms with Gasteiger partial charge >= 0.3 is 12.0 Å². The molecule has 0 aliphatic rings. The molecule has 0 aromatic rings. The Labute approximate surface area is 101 Å². The summed E-state index contributed by atoms with van der Waals surface area (Å²) in [5, 5.41) is 23.4. The van der Waals surface area contributed by atoms with Crippen LogP contribution in [0.1, 0.15) is 40.0 Å². The van der Waals surface area contributed by atoms with Gasteiger partial charge in [0.15, 0.2) is 0 Å². The number of urea groups is 1. The molecule has 6 nitrogen and oxygen atoms in total. The van der Waals surface area contributed by atoms with E-state index in [4.69, 9.17) is 5.11 Å². The van der Waals surface area contributed by atoms with Crippen molar-refractivity contribution >= 4 is 12.0 Å². The lowest BCUT2D eigenvalue weighted by molar-refractivity contribution is -0.141. The summed E-state index contributed by atoms with van der Waals surface area (Å²) in [5.74, 6) is -1.10. The highest BCUT2D eigenvalue weighted by atomic mass is 16.4. The van der Waals surface area contributed by atoms with E-state index in [2.05, 4.69) is 10.6 Å². The summed E-state index contributed by atoms with van der Waals surface area (Å²) in [6.07, 6.45) is 1.25. The van der Waals surface area contributed by atoms with Crippen molar-refractivity contribution in [2.24, 2.45) is 0 Å². The molecule has 0 heterocycles. The maximum Gasteiger partial charge on any atom is 0.315 e. The summed E-state index contributed by atoms with van der Waals surface area (Å²) in [4.78, 5) is 21.9. The maximum absolute atomic E-state index is 11.4. The fourth-order valence-corrected chi connectivity index (χ4v) is 1.39. The van der Waals surface area contributed by atoms with E-state index >= 15 is 0 Å². The molecule has 6 heteroatoms. The lowest BCUT2D eigenvalue weighted by Gasteiger charge is -2.22. The van der Waals surface area contributed by atoms with E-state index in [1.54, 1.807) is 0 Å². The van der Waals surface area contributed by atoms with Gasteiger partial charge in [0.25, 0.3) is 0 Å². The third kappa shape index (κ3) is 7.57. The summed E-state index contributed by atoms with van der Waals surface area (Å²) in [6.45, 7) is 5.22. The van der Waals surface area contributed by atoms with Gasteiger partial charge in [-0.2, -0.15) is 0 Å². The largest absolute Gasteiger partial charge is 0.481 e. The van der Waals surface area contributed by atoms with Gasteiger partial charge < -0.3 is 20.8 Å². The number of carbonyl (C=O) groups excluding carboxylic acids is 1. The molecule has 0 saturated heterocycles. The van der Waals surface area contributed by atoms with Crippen molar-refractivity contribution in [3.05, 3.63) is 0 Å². The molecule has 0 saturated carbocycles. The lowest BCUT2D eigenvalue weighted by Crippen LogP contribution is -2.48. The molecule has 0 aliphatic heterocycles. The first-order chi connectivity index (χ1) is 7.80. The van der Waals surface area contributed by atoms with E-state index in [0.717, 1.165) is 12.8 Å². The summed E-state index contributed by atoms with van der Waals surface area (Å²) < 4.78 is 0. The van der Waals surface area contributed by atoms with E-state index < -0.39 is 18.0 Å². The Morgan fingerprint density at radius 2 is 1.82 bits per heavy atom. The average Bonchev–Trinajstić information content (AvgIpc) is 2.21. The van der Waals surface area contributed by atoms with Crippen LogP contribution < -0.4 is 10.6 Å². The number of nitrogens with one attached hydrogen (secondary N) is 2. The number of hydrogen-bond donors (Lipinski definition) is 4. The quantitative estimate of drug-likeness (QED) is 0.531. The highest BCUT2D eigenvalue weighted by molar-refractivity contribution is 5.74. The van der Waals surface area contributed by atoms with Crippen LogP contribution >= 0.6 is 0 Å². The highest BCUT2D eigenvalue weighted by Crippen LogP contribution is 2.07. The number of rotatable bonds is 7. The number of hydrogen-bond acceptors (Lipinski definition) is 3. The lowest BCUT2D eigenvalue weighted by atomic mass is 10.0. The first-order valence-corrected chi connectivity index (χ1v) is 5.79. The number of amides is 2. The zero-order valence-electron chi connectivity index (χ0n) is 10.6. The smallest absolute Gasteiger partial charge is 0.315 e. The van der Waals surface area contributed by atoms with Gasteiger partial charge in [0, 0.05) is 12.6 Å². The predicted molar refractivity (Wildman–Crippen MR) is 63.8 cm³/mol. The molecule has 100 valence electrons. The van der Waals surface area contributed by atoms with Crippen molar-refractivity contribution in [3.8, 4) is 0 Å². The molecule has 0 rings (SSSR count). The summed E-state index contributed by atoms with van der Waals surface area (Å²) in [7, 11) is 0. The van der Waals surface area contributed by atoms with Crippen LogP contribution in [-0.4, -0.2) is 40.4 Å². The van der Waals surface area contributed by atoms with E-state index in [1.807, 2.05) is 13.8 Å². The second-order valence-corrected chi connectivity index (χ2v) is 4.41. The SMILES string of the molecule is CCC(CC)NC(=O)NCC(C)(O)CC(=O)O. The van der Waals surface area contributed by atoms with Gasteiger partial charge in [0.2, 0.25) is 0 Å². The van der Waals surface area contributed by atoms with Crippen molar-refractivity contribution in [1.82, 2.24) is 10.6 Å². The normalized spacial score (nSPS) is 14.2. The van der Waals surface area contributed by atoms with E-state index in [0.29, 0.717) is 0 Å². The molecule has 0 aliphatic carbocycles. The molecule has 0 fully saturated rings. The van der Waals surface area contributed by atoms with Crippen molar-refractivity contribution in [2.75, 3.05) is 6.54 Å². The minimum atomic E-state index is -1.43. The van der Waals surface area contributed by atoms with Crippen LogP contribution in [0.3, 0.4) is 0 Å². The fraction of sp³-hybridized carbons (Fsp3) is 0.818. The van der Waals surface area contributed by atoms with Crippen molar-refractivity contribution in [1.29, 1.82) is 0 Å². The Morgan fingerprint density at radius 1 is 1.29 bits per heavy atom. The van der Waals surface area contributed by atoms with Crippen LogP contribution in [0.15, 0.2) is 0 Å². The second kappa shape index (κ2) is 7.11. The van der Waals surface area contributed by atoms with Crippen LogP contribution in [-0.2, 0) is 4.79 Å². The first-order valence-electron chi connectivity index (χ1n) is 5.79. The molecule has 1 unspecified atom stereocenters. The Kier molecular flexibility index (Phi) is 6.57. The molecule has 2 amide bonds. The molecular formula is C11H22N2O4. The highest BCUT2D eigenvalue weighted by Gasteiger charge is 2.24. The molecular weight excluding hydrogens is 224 g/mol. The molecule has 17 heavy (non-hydrogen) atoms. The average molecular weight is 246 g/mol. The molecule has 0 aromatic heterocycles. The van der Waals surface area contributed by atoms with Gasteiger partial charge in [-0.3, -0.25) is 4.79 Å². The molecule has 0 aromatic carbocycles. The third-order valence-electron chi connectivity index (χ3n) is 2.48. The second-order valence-electron chi connectivity index (χ2n) is 4.41. The Balaban J connectivity index is 4.02. The number of carbonyl (C=O) groups is 2. The fourth-order valence-electron chi connectivity index (χ4n) is 1.39. The molecule has 4 N–H and O–H groups in total. The Hall–Kier alpha value is -1.30. The third-order valence-corrected chi connectivity index (χ3v) is 2.48. The monoisotopic (exact) mass is 246 g/mol. The van der Waals surface area contributed by atoms with Gasteiger partial charge in [-0.25, -0.2) is 4.79 Å². The first kappa shape index (κ1) is 15.7. The van der Waals surface area contributed by atoms with Crippen LogP contribution in [0.5, 0.6) is 0 Å². The molecule has 0 spiro atoms. The number of aliphatic carboxylic acids is 1. The summed E-state index contributed by atoms with van der Waals surface area (Å²) in [5.41, 5.74) is -1.43. The van der Waals surface area contributed by atoms with Gasteiger partial charge in [-0.15, -0.1) is 0 Å². The van der Waals surface area contributed by atoms with Gasteiger partial charge in [0.05, 0.1) is 12.0 Å². The van der Waals surface area contributed by atoms with Crippen molar-refractivity contribution < 1.29 is 19.8 Å². The van der Waals surface area contributed by atoms with Crippen LogP contribution in [0.2, 0.25) is 0 Å². The zero-order valence-corrected chi connectivity index (χ0v) is 10.6. The summed E-state index contributed by atoms with van der Waals surface area (Å²) >= 11 is 0. The van der Waals surface area contributed by atoms with E-state index in [9.17, 15) is 14.7 Å². The number of carboxylic acids is 1. The van der Waals surface area contributed by atoms with Crippen LogP contribution in [0.4, 0.5) is 4.79 Å². The van der Waals surface area contributed by atoms with Crippen LogP contribution in [0.25, 0.3) is 0 Å². The number of aliphatic hydroxyl groups is 1. The molecule has 1 atom stereocenters. The minimum absolute atomic E-state index is 0.0920. The van der Waals surface area contributed by atoms with Crippen molar-refractivity contribution in [3.63, 3.8) is 0 Å². The maximum atomic E-state index is 11.4. The molecule has 0 radical (unpaired) electrons. The van der Waals surface area contributed by atoms with E-state index in [-0.39, 0.29) is 18.6 Å².